The molecule has 1 heterocycles. The van der Waals surface area contributed by atoms with Gasteiger partial charge in [0.05, 0.1) is 34.1 Å². The Balaban J connectivity index is 1.64. The van der Waals surface area contributed by atoms with Gasteiger partial charge in [0.15, 0.2) is 16.6 Å². The maximum Gasteiger partial charge on any atom is 0.257 e. The van der Waals surface area contributed by atoms with Crippen LogP contribution in [0.1, 0.15) is 26.4 Å². The minimum Gasteiger partial charge on any atom is -0.496 e. The van der Waals surface area contributed by atoms with Crippen molar-refractivity contribution in [2.75, 3.05) is 33.8 Å². The van der Waals surface area contributed by atoms with Crippen molar-refractivity contribution < 1.29 is 23.7 Å². The van der Waals surface area contributed by atoms with Crippen molar-refractivity contribution in [3.63, 3.8) is 0 Å². The van der Waals surface area contributed by atoms with Crippen LogP contribution >= 0.6 is 11.3 Å². The number of rotatable bonds is 6. The zero-order valence-electron chi connectivity index (χ0n) is 18.1. The molecule has 0 saturated carbocycles. The first kappa shape index (κ1) is 21.0. The van der Waals surface area contributed by atoms with Gasteiger partial charge in [-0.05, 0) is 55.2 Å². The third kappa shape index (κ3) is 3.79. The Kier molecular flexibility index (Phi) is 5.73. The Bertz CT molecular complexity index is 1130. The Hall–Kier alpha value is -3.26. The molecule has 1 N–H and O–H groups in total. The van der Waals surface area contributed by atoms with E-state index in [1.165, 1.54) is 38.2 Å². The summed E-state index contributed by atoms with van der Waals surface area (Å²) in [6, 6.07) is 7.43. The third-order valence-electron chi connectivity index (χ3n) is 5.34. The minimum absolute atomic E-state index is 0.295. The van der Waals surface area contributed by atoms with Gasteiger partial charge in [-0.3, -0.25) is 10.1 Å². The van der Waals surface area contributed by atoms with Crippen LogP contribution in [0.3, 0.4) is 0 Å². The fourth-order valence-corrected chi connectivity index (χ4v) is 4.76. The highest BCUT2D eigenvalue weighted by molar-refractivity contribution is 7.16. The van der Waals surface area contributed by atoms with E-state index in [1.54, 1.807) is 19.2 Å². The number of anilines is 1. The second-order valence-electron chi connectivity index (χ2n) is 7.14. The van der Waals surface area contributed by atoms with Crippen LogP contribution in [-0.4, -0.2) is 39.3 Å². The van der Waals surface area contributed by atoms with E-state index in [4.69, 9.17) is 23.9 Å². The van der Waals surface area contributed by atoms with Gasteiger partial charge in [0.2, 0.25) is 5.75 Å². The van der Waals surface area contributed by atoms with Gasteiger partial charge >= 0.3 is 0 Å². The molecule has 1 aromatic heterocycles. The second-order valence-corrected chi connectivity index (χ2v) is 8.22. The number of aryl methyl sites for hydroxylation is 3. The summed E-state index contributed by atoms with van der Waals surface area (Å²) in [6.45, 7) is 2.02. The minimum atomic E-state index is -0.295. The maximum absolute atomic E-state index is 12.9. The van der Waals surface area contributed by atoms with E-state index in [0.717, 1.165) is 40.3 Å². The first-order valence-electron chi connectivity index (χ1n) is 9.78. The number of aromatic nitrogens is 1. The molecular weight excluding hydrogens is 416 g/mol. The Morgan fingerprint density at radius 3 is 2.23 bits per heavy atom. The van der Waals surface area contributed by atoms with Crippen molar-refractivity contribution in [2.24, 2.45) is 0 Å². The SMILES string of the molecule is COc1cc2c(cc1C)-c1nc(NC(=O)c3cc(OC)c(OC)c(OC)c3)sc1CC2. The van der Waals surface area contributed by atoms with Crippen molar-refractivity contribution in [3.8, 4) is 34.3 Å². The summed E-state index contributed by atoms with van der Waals surface area (Å²) < 4.78 is 21.5. The predicted molar refractivity (Wildman–Crippen MR) is 120 cm³/mol. The molecule has 0 radical (unpaired) electrons. The number of methoxy groups -OCH3 is 4. The molecule has 0 atom stereocenters. The Morgan fingerprint density at radius 1 is 0.935 bits per heavy atom. The number of nitrogens with zero attached hydrogens (tertiary/aromatic N) is 1. The van der Waals surface area contributed by atoms with Crippen LogP contribution in [0.5, 0.6) is 23.0 Å². The van der Waals surface area contributed by atoms with E-state index >= 15 is 0 Å². The van der Waals surface area contributed by atoms with Crippen LogP contribution < -0.4 is 24.3 Å². The second kappa shape index (κ2) is 8.47. The van der Waals surface area contributed by atoms with Crippen molar-refractivity contribution in [3.05, 3.63) is 45.8 Å². The quantitative estimate of drug-likeness (QED) is 0.608. The molecule has 0 aliphatic heterocycles. The van der Waals surface area contributed by atoms with Crippen LogP contribution in [0.4, 0.5) is 5.13 Å². The van der Waals surface area contributed by atoms with Crippen LogP contribution in [0.15, 0.2) is 24.3 Å². The summed E-state index contributed by atoms with van der Waals surface area (Å²) in [5.74, 6) is 1.87. The van der Waals surface area contributed by atoms with E-state index in [1.807, 2.05) is 6.92 Å². The van der Waals surface area contributed by atoms with E-state index in [0.29, 0.717) is 27.9 Å². The monoisotopic (exact) mass is 440 g/mol. The van der Waals surface area contributed by atoms with Crippen molar-refractivity contribution in [1.82, 2.24) is 4.98 Å². The number of carbonyl (C=O) groups excluding carboxylic acids is 1. The molecule has 0 fully saturated rings. The van der Waals surface area contributed by atoms with Gasteiger partial charge in [0.25, 0.3) is 5.91 Å². The van der Waals surface area contributed by atoms with Gasteiger partial charge in [-0.15, -0.1) is 11.3 Å². The molecule has 0 saturated heterocycles. The molecule has 0 unspecified atom stereocenters. The molecule has 0 bridgehead atoms. The molecule has 1 amide bonds. The molecule has 1 aliphatic rings. The van der Waals surface area contributed by atoms with Crippen LogP contribution in [0, 0.1) is 6.92 Å². The molecule has 7 nitrogen and oxygen atoms in total. The smallest absolute Gasteiger partial charge is 0.257 e. The molecule has 4 rings (SSSR count). The zero-order valence-corrected chi connectivity index (χ0v) is 18.9. The summed E-state index contributed by atoms with van der Waals surface area (Å²) >= 11 is 1.50. The topological polar surface area (TPSA) is 78.9 Å². The first-order valence-corrected chi connectivity index (χ1v) is 10.6. The average molecular weight is 441 g/mol. The number of nitrogens with one attached hydrogen (secondary N) is 1. The van der Waals surface area contributed by atoms with E-state index in [2.05, 4.69) is 17.4 Å². The number of carbonyl (C=O) groups is 1. The third-order valence-corrected chi connectivity index (χ3v) is 6.37. The molecule has 162 valence electrons. The number of amides is 1. The molecule has 8 heteroatoms. The summed E-state index contributed by atoms with van der Waals surface area (Å²) in [6.07, 6.45) is 1.80. The number of hydrogen-bond acceptors (Lipinski definition) is 7. The Labute approximate surface area is 184 Å². The Morgan fingerprint density at radius 2 is 1.61 bits per heavy atom. The lowest BCUT2D eigenvalue weighted by atomic mass is 9.91. The lowest BCUT2D eigenvalue weighted by Crippen LogP contribution is -2.12. The highest BCUT2D eigenvalue weighted by Gasteiger charge is 2.24. The number of thiazole rings is 1. The number of benzene rings is 2. The highest BCUT2D eigenvalue weighted by atomic mass is 32.1. The van der Waals surface area contributed by atoms with E-state index in [9.17, 15) is 4.79 Å². The summed E-state index contributed by atoms with van der Waals surface area (Å²) in [5.41, 5.74) is 4.69. The van der Waals surface area contributed by atoms with Crippen LogP contribution in [-0.2, 0) is 12.8 Å². The largest absolute Gasteiger partial charge is 0.496 e. The normalized spacial score (nSPS) is 11.9. The predicted octanol–water partition coefficient (Wildman–Crippen LogP) is 4.50. The number of hydrogen-bond donors (Lipinski definition) is 1. The van der Waals surface area contributed by atoms with E-state index in [-0.39, 0.29) is 5.91 Å². The van der Waals surface area contributed by atoms with Gasteiger partial charge in [0.1, 0.15) is 5.75 Å². The standard InChI is InChI=1S/C23H24N2O5S/c1-12-8-15-13(9-16(12)27-2)6-7-19-20(15)24-23(31-19)25-22(26)14-10-17(28-3)21(30-5)18(11-14)29-4/h8-11H,6-7H2,1-5H3,(H,24,25,26). The fraction of sp³-hybridized carbons (Fsp3) is 0.304. The number of fused-ring (bicyclic) bond motifs is 3. The molecule has 2 aromatic carbocycles. The zero-order chi connectivity index (χ0) is 22.1. The molecule has 31 heavy (non-hydrogen) atoms. The molecule has 1 aliphatic carbocycles. The van der Waals surface area contributed by atoms with Crippen LogP contribution in [0.25, 0.3) is 11.3 Å². The van der Waals surface area contributed by atoms with Gasteiger partial charge in [-0.25, -0.2) is 4.98 Å². The first-order chi connectivity index (χ1) is 15.0. The van der Waals surface area contributed by atoms with Gasteiger partial charge in [0, 0.05) is 16.0 Å². The summed E-state index contributed by atoms with van der Waals surface area (Å²) in [5, 5.41) is 3.48. The average Bonchev–Trinajstić information content (AvgIpc) is 3.20. The van der Waals surface area contributed by atoms with Crippen molar-refractivity contribution in [2.45, 2.75) is 19.8 Å². The van der Waals surface area contributed by atoms with Crippen molar-refractivity contribution in [1.29, 1.82) is 0 Å². The molecule has 0 spiro atoms. The van der Waals surface area contributed by atoms with Gasteiger partial charge in [-0.2, -0.15) is 0 Å². The van der Waals surface area contributed by atoms with Crippen LogP contribution in [0.2, 0.25) is 0 Å². The number of ether oxygens (including phenoxy) is 4. The summed E-state index contributed by atoms with van der Waals surface area (Å²) in [4.78, 5) is 18.8. The fourth-order valence-electron chi connectivity index (χ4n) is 3.79. The van der Waals surface area contributed by atoms with Crippen molar-refractivity contribution >= 4 is 22.4 Å². The lowest BCUT2D eigenvalue weighted by Gasteiger charge is -2.17. The maximum atomic E-state index is 12.9. The molecule has 3 aromatic rings. The summed E-state index contributed by atoms with van der Waals surface area (Å²) in [7, 11) is 6.24. The highest BCUT2D eigenvalue weighted by Crippen LogP contribution is 2.41. The van der Waals surface area contributed by atoms with Gasteiger partial charge in [-0.1, -0.05) is 0 Å². The lowest BCUT2D eigenvalue weighted by molar-refractivity contribution is 0.102. The van der Waals surface area contributed by atoms with Gasteiger partial charge < -0.3 is 18.9 Å². The van der Waals surface area contributed by atoms with E-state index < -0.39 is 0 Å². The molecular formula is C23H24N2O5S.